The summed E-state index contributed by atoms with van der Waals surface area (Å²) in [6, 6.07) is 6.24. The predicted molar refractivity (Wildman–Crippen MR) is 103 cm³/mol. The molecule has 2 heterocycles. The third kappa shape index (κ3) is 5.07. The molecule has 3 rings (SSSR count). The number of hydrogen-bond donors (Lipinski definition) is 1. The number of benzene rings is 1. The first kappa shape index (κ1) is 22.4. The molecule has 1 aromatic rings. The van der Waals surface area contributed by atoms with Crippen LogP contribution in [0.2, 0.25) is 0 Å². The zero-order chi connectivity index (χ0) is 22.8. The number of alkyl halides is 3. The lowest BCUT2D eigenvalue weighted by Crippen LogP contribution is -2.41. The van der Waals surface area contributed by atoms with E-state index in [9.17, 15) is 27.2 Å². The number of nitrogens with zero attached hydrogens (tertiary/aromatic N) is 3. The maximum atomic E-state index is 14.8. The quantitative estimate of drug-likeness (QED) is 0.575. The number of amides is 2. The molecule has 11 heteroatoms. The Labute approximate surface area is 175 Å². The van der Waals surface area contributed by atoms with Gasteiger partial charge < -0.3 is 15.0 Å². The number of cyclic esters (lactones) is 1. The van der Waals surface area contributed by atoms with Crippen molar-refractivity contribution in [3.8, 4) is 6.07 Å². The first-order valence-corrected chi connectivity index (χ1v) is 9.56. The van der Waals surface area contributed by atoms with Crippen LogP contribution < -0.4 is 15.1 Å². The fraction of sp³-hybridized carbons (Fsp3) is 0.450. The molecule has 1 N–H and O–H groups in total. The highest BCUT2D eigenvalue weighted by Gasteiger charge is 2.40. The Hall–Kier alpha value is -3.29. The molecule has 31 heavy (non-hydrogen) atoms. The topological polar surface area (TPSA) is 85.7 Å². The van der Waals surface area contributed by atoms with Crippen molar-refractivity contribution in [1.29, 1.82) is 5.26 Å². The van der Waals surface area contributed by atoms with Crippen LogP contribution in [-0.2, 0) is 9.53 Å². The van der Waals surface area contributed by atoms with E-state index in [-0.39, 0.29) is 18.2 Å². The highest BCUT2D eigenvalue weighted by atomic mass is 19.4. The number of halogens is 4. The molecule has 166 valence electrons. The molecule has 7 nitrogen and oxygen atoms in total. The van der Waals surface area contributed by atoms with E-state index >= 15 is 0 Å². The Bertz CT molecular complexity index is 941. The summed E-state index contributed by atoms with van der Waals surface area (Å²) in [6.45, 7) is 2.40. The lowest BCUT2D eigenvalue weighted by Gasteiger charge is -2.34. The highest BCUT2D eigenvalue weighted by molar-refractivity contribution is 5.90. The van der Waals surface area contributed by atoms with Gasteiger partial charge in [-0.05, 0) is 30.5 Å². The van der Waals surface area contributed by atoms with Gasteiger partial charge in [-0.3, -0.25) is 9.69 Å². The average molecular weight is 440 g/mol. The first-order chi connectivity index (χ1) is 14.6. The van der Waals surface area contributed by atoms with E-state index in [4.69, 9.17) is 10.00 Å². The molecular formula is C20H20F4N4O3. The number of hydrogen-bond acceptors (Lipinski definition) is 5. The molecule has 2 atom stereocenters. The van der Waals surface area contributed by atoms with Crippen LogP contribution in [0.5, 0.6) is 0 Å². The van der Waals surface area contributed by atoms with Crippen molar-refractivity contribution in [1.82, 2.24) is 5.32 Å². The van der Waals surface area contributed by atoms with Gasteiger partial charge in [-0.2, -0.15) is 18.4 Å². The first-order valence-electron chi connectivity index (χ1n) is 9.56. The van der Waals surface area contributed by atoms with Crippen LogP contribution in [0.3, 0.4) is 0 Å². The summed E-state index contributed by atoms with van der Waals surface area (Å²) < 4.78 is 56.6. The van der Waals surface area contributed by atoms with Crippen LogP contribution in [0, 0.1) is 23.1 Å². The van der Waals surface area contributed by atoms with E-state index in [0.29, 0.717) is 25.2 Å². The maximum Gasteiger partial charge on any atom is 0.471 e. The van der Waals surface area contributed by atoms with Gasteiger partial charge in [-0.25, -0.2) is 9.18 Å². The minimum Gasteiger partial charge on any atom is -0.442 e. The van der Waals surface area contributed by atoms with Crippen LogP contribution in [-0.4, -0.2) is 50.5 Å². The van der Waals surface area contributed by atoms with E-state index in [0.717, 1.165) is 10.5 Å². The number of nitrogens with one attached hydrogen (secondary N) is 1. The number of anilines is 2. The Kier molecular flexibility index (Phi) is 6.38. The van der Waals surface area contributed by atoms with Crippen molar-refractivity contribution < 1.29 is 31.9 Å². The van der Waals surface area contributed by atoms with Crippen molar-refractivity contribution in [3.05, 3.63) is 35.7 Å². The van der Waals surface area contributed by atoms with E-state index in [2.05, 4.69) is 0 Å². The zero-order valence-corrected chi connectivity index (χ0v) is 16.6. The molecule has 1 aromatic carbocycles. The fourth-order valence-electron chi connectivity index (χ4n) is 3.63. The smallest absolute Gasteiger partial charge is 0.442 e. The van der Waals surface area contributed by atoms with Gasteiger partial charge in [0.05, 0.1) is 30.5 Å². The van der Waals surface area contributed by atoms with Crippen molar-refractivity contribution in [2.45, 2.75) is 25.6 Å². The number of ether oxygens (including phenoxy) is 1. The second-order valence-electron chi connectivity index (χ2n) is 7.41. The molecule has 2 aliphatic heterocycles. The standard InChI is InChI=1S/C20H20F4N4O3/c1-12-10-27(7-5-13(12)4-6-25)17-3-2-14(8-16(17)21)28-11-15(31-19(28)30)9-26-18(29)20(22,23)24/h2-4,8,12,15H,5,7,9-11H2,1H3,(H,26,29). The van der Waals surface area contributed by atoms with Gasteiger partial charge in [0.1, 0.15) is 11.9 Å². The molecule has 0 aliphatic carbocycles. The Morgan fingerprint density at radius 3 is 2.74 bits per heavy atom. The van der Waals surface area contributed by atoms with Crippen LogP contribution in [0.25, 0.3) is 0 Å². The minimum atomic E-state index is -5.03. The summed E-state index contributed by atoms with van der Waals surface area (Å²) >= 11 is 0. The monoisotopic (exact) mass is 440 g/mol. The Morgan fingerprint density at radius 1 is 1.39 bits per heavy atom. The Morgan fingerprint density at radius 2 is 2.13 bits per heavy atom. The number of rotatable bonds is 4. The van der Waals surface area contributed by atoms with E-state index in [1.54, 1.807) is 5.32 Å². The van der Waals surface area contributed by atoms with Gasteiger partial charge >= 0.3 is 18.2 Å². The summed E-state index contributed by atoms with van der Waals surface area (Å²) in [6.07, 6.45) is -4.70. The normalized spacial score (nSPS) is 23.0. The van der Waals surface area contributed by atoms with Gasteiger partial charge in [0, 0.05) is 19.2 Å². The third-order valence-corrected chi connectivity index (χ3v) is 5.25. The largest absolute Gasteiger partial charge is 0.471 e. The predicted octanol–water partition coefficient (Wildman–Crippen LogP) is 3.13. The third-order valence-electron chi connectivity index (χ3n) is 5.25. The lowest BCUT2D eigenvalue weighted by molar-refractivity contribution is -0.173. The van der Waals surface area contributed by atoms with Crippen LogP contribution in [0.15, 0.2) is 29.8 Å². The molecule has 2 unspecified atom stereocenters. The molecule has 0 spiro atoms. The molecule has 0 saturated carbocycles. The van der Waals surface area contributed by atoms with Crippen LogP contribution >= 0.6 is 0 Å². The Balaban J connectivity index is 1.65. The molecule has 2 saturated heterocycles. The van der Waals surface area contributed by atoms with E-state index in [1.807, 2.05) is 17.9 Å². The van der Waals surface area contributed by atoms with Gasteiger partial charge in [0.25, 0.3) is 0 Å². The van der Waals surface area contributed by atoms with Crippen LogP contribution in [0.4, 0.5) is 33.7 Å². The summed E-state index contributed by atoms with van der Waals surface area (Å²) in [4.78, 5) is 25.9. The van der Waals surface area contributed by atoms with Crippen LogP contribution in [0.1, 0.15) is 13.3 Å². The summed E-state index contributed by atoms with van der Waals surface area (Å²) in [7, 11) is 0. The van der Waals surface area contributed by atoms with Crippen molar-refractivity contribution >= 4 is 23.4 Å². The van der Waals surface area contributed by atoms with Gasteiger partial charge in [-0.15, -0.1) is 0 Å². The molecular weight excluding hydrogens is 420 g/mol. The molecule has 0 radical (unpaired) electrons. The lowest BCUT2D eigenvalue weighted by atomic mass is 9.92. The minimum absolute atomic E-state index is 0.0914. The van der Waals surface area contributed by atoms with Gasteiger partial charge in [-0.1, -0.05) is 12.5 Å². The number of piperidine rings is 1. The van der Waals surface area contributed by atoms with E-state index < -0.39 is 36.6 Å². The zero-order valence-electron chi connectivity index (χ0n) is 16.6. The number of carbonyl (C=O) groups is 2. The number of carbonyl (C=O) groups excluding carboxylic acids is 2. The highest BCUT2D eigenvalue weighted by Crippen LogP contribution is 2.32. The average Bonchev–Trinajstić information content (AvgIpc) is 3.07. The molecule has 2 fully saturated rings. The number of nitriles is 1. The molecule has 0 aromatic heterocycles. The van der Waals surface area contributed by atoms with E-state index in [1.165, 1.54) is 24.3 Å². The molecule has 2 aliphatic rings. The maximum absolute atomic E-state index is 14.8. The van der Waals surface area contributed by atoms with Gasteiger partial charge in [0.2, 0.25) is 0 Å². The SMILES string of the molecule is CC1CN(c2ccc(N3CC(CNC(=O)C(F)(F)F)OC3=O)cc2F)CCC1=CC#N. The van der Waals surface area contributed by atoms with Gasteiger partial charge in [0.15, 0.2) is 0 Å². The summed E-state index contributed by atoms with van der Waals surface area (Å²) in [5.74, 6) is -2.59. The summed E-state index contributed by atoms with van der Waals surface area (Å²) in [5, 5.41) is 10.5. The second kappa shape index (κ2) is 8.83. The fourth-order valence-corrected chi connectivity index (χ4v) is 3.63. The number of allylic oxidation sites excluding steroid dienone is 1. The van der Waals surface area contributed by atoms with Crippen molar-refractivity contribution in [2.75, 3.05) is 36.0 Å². The van der Waals surface area contributed by atoms with Crippen molar-refractivity contribution in [2.24, 2.45) is 5.92 Å². The summed E-state index contributed by atoms with van der Waals surface area (Å²) in [5.41, 5.74) is 1.57. The molecule has 0 bridgehead atoms. The molecule has 2 amide bonds. The van der Waals surface area contributed by atoms with Crippen molar-refractivity contribution in [3.63, 3.8) is 0 Å². The second-order valence-corrected chi connectivity index (χ2v) is 7.41.